The normalized spacial score (nSPS) is 10.8. The van der Waals surface area contributed by atoms with E-state index in [1.54, 1.807) is 22.7 Å². The molecule has 0 aliphatic rings. The molecule has 0 aliphatic carbocycles. The molecule has 0 unspecified atom stereocenters. The predicted molar refractivity (Wildman–Crippen MR) is 118 cm³/mol. The van der Waals surface area contributed by atoms with Crippen LogP contribution in [-0.4, -0.2) is 21.2 Å². The van der Waals surface area contributed by atoms with Crippen molar-refractivity contribution < 1.29 is 9.59 Å². The van der Waals surface area contributed by atoms with Crippen molar-refractivity contribution in [3.63, 3.8) is 0 Å². The summed E-state index contributed by atoms with van der Waals surface area (Å²) in [5, 5.41) is 5.73. The number of anilines is 2. The smallest absolute Gasteiger partial charge is 0.292 e. The van der Waals surface area contributed by atoms with E-state index in [1.807, 2.05) is 69.3 Å². The highest BCUT2D eigenvalue weighted by Crippen LogP contribution is 2.19. The fourth-order valence-corrected chi connectivity index (χ4v) is 3.28. The van der Waals surface area contributed by atoms with Crippen LogP contribution in [0.3, 0.4) is 0 Å². The van der Waals surface area contributed by atoms with E-state index >= 15 is 0 Å². The number of carbonyl (C=O) groups excluding carboxylic acids is 2. The Labute approximate surface area is 174 Å². The summed E-state index contributed by atoms with van der Waals surface area (Å²) in [6.07, 6.45) is 1.72. The zero-order chi connectivity index (χ0) is 21.3. The molecule has 4 rings (SSSR count). The average Bonchev–Trinajstić information content (AvgIpc) is 3.11. The fourth-order valence-electron chi connectivity index (χ4n) is 3.28. The number of aryl methyl sites for hydroxylation is 3. The molecule has 2 aromatic carbocycles. The van der Waals surface area contributed by atoms with Gasteiger partial charge in [0.2, 0.25) is 5.82 Å². The van der Waals surface area contributed by atoms with Gasteiger partial charge in [-0.05, 0) is 73.9 Å². The van der Waals surface area contributed by atoms with Crippen molar-refractivity contribution in [2.75, 3.05) is 10.6 Å². The van der Waals surface area contributed by atoms with Crippen LogP contribution < -0.4 is 10.6 Å². The second-order valence-corrected chi connectivity index (χ2v) is 7.32. The molecule has 0 aliphatic heterocycles. The summed E-state index contributed by atoms with van der Waals surface area (Å²) < 4.78 is 1.63. The minimum atomic E-state index is -0.381. The van der Waals surface area contributed by atoms with Crippen molar-refractivity contribution in [3.05, 3.63) is 95.1 Å². The van der Waals surface area contributed by atoms with Crippen molar-refractivity contribution in [2.24, 2.45) is 0 Å². The molecule has 0 radical (unpaired) electrons. The molecule has 4 aromatic rings. The summed E-state index contributed by atoms with van der Waals surface area (Å²) in [4.78, 5) is 30.2. The number of carbonyl (C=O) groups is 2. The number of nitrogens with one attached hydrogen (secondary N) is 2. The van der Waals surface area contributed by atoms with Gasteiger partial charge in [0, 0.05) is 17.6 Å². The summed E-state index contributed by atoms with van der Waals surface area (Å²) in [6, 6.07) is 18.6. The van der Waals surface area contributed by atoms with E-state index in [-0.39, 0.29) is 23.3 Å². The van der Waals surface area contributed by atoms with E-state index in [2.05, 4.69) is 15.6 Å². The van der Waals surface area contributed by atoms with E-state index in [4.69, 9.17) is 0 Å². The van der Waals surface area contributed by atoms with Crippen molar-refractivity contribution in [3.8, 4) is 0 Å². The second kappa shape index (κ2) is 7.83. The van der Waals surface area contributed by atoms with Gasteiger partial charge in [-0.1, -0.05) is 24.3 Å². The molecule has 150 valence electrons. The summed E-state index contributed by atoms with van der Waals surface area (Å²) >= 11 is 0. The first-order chi connectivity index (χ1) is 14.4. The molecule has 0 saturated carbocycles. The van der Waals surface area contributed by atoms with Crippen molar-refractivity contribution in [1.82, 2.24) is 9.38 Å². The van der Waals surface area contributed by atoms with Crippen LogP contribution in [0.4, 0.5) is 11.4 Å². The lowest BCUT2D eigenvalue weighted by Crippen LogP contribution is -2.16. The second-order valence-electron chi connectivity index (χ2n) is 7.32. The highest BCUT2D eigenvalue weighted by Gasteiger charge is 2.21. The van der Waals surface area contributed by atoms with Gasteiger partial charge in [-0.15, -0.1) is 0 Å². The number of aromatic nitrogens is 2. The van der Waals surface area contributed by atoms with Gasteiger partial charge in [0.25, 0.3) is 11.8 Å². The monoisotopic (exact) mass is 398 g/mol. The SMILES string of the molecule is Cc1cccc(NC(=O)c2nc(C(=O)Nc3ccc(C)c(C)c3)n3ccccc23)c1. The van der Waals surface area contributed by atoms with Crippen LogP contribution in [-0.2, 0) is 0 Å². The van der Waals surface area contributed by atoms with Gasteiger partial charge in [0.15, 0.2) is 5.69 Å². The molecule has 2 N–H and O–H groups in total. The molecule has 0 atom stereocenters. The van der Waals surface area contributed by atoms with Crippen LogP contribution in [0.15, 0.2) is 66.9 Å². The van der Waals surface area contributed by atoms with Crippen molar-refractivity contribution in [1.29, 1.82) is 0 Å². The first kappa shape index (κ1) is 19.4. The number of hydrogen-bond donors (Lipinski definition) is 2. The quantitative estimate of drug-likeness (QED) is 0.520. The molecule has 2 heterocycles. The molecule has 6 heteroatoms. The summed E-state index contributed by atoms with van der Waals surface area (Å²) in [5.74, 6) is -0.596. The van der Waals surface area contributed by atoms with Gasteiger partial charge in [-0.2, -0.15) is 0 Å². The Hall–Kier alpha value is -3.93. The number of amides is 2. The topological polar surface area (TPSA) is 75.5 Å². The van der Waals surface area contributed by atoms with Crippen LogP contribution in [0, 0.1) is 20.8 Å². The number of imidazole rings is 1. The van der Waals surface area contributed by atoms with E-state index in [9.17, 15) is 9.59 Å². The number of rotatable bonds is 4. The minimum absolute atomic E-state index is 0.151. The Bertz CT molecular complexity index is 1270. The number of hydrogen-bond acceptors (Lipinski definition) is 3. The Morgan fingerprint density at radius 3 is 2.33 bits per heavy atom. The van der Waals surface area contributed by atoms with Crippen molar-refractivity contribution >= 4 is 28.7 Å². The molecule has 2 aromatic heterocycles. The Morgan fingerprint density at radius 1 is 0.800 bits per heavy atom. The van der Waals surface area contributed by atoms with Gasteiger partial charge in [-0.25, -0.2) is 4.98 Å². The molecule has 0 bridgehead atoms. The van der Waals surface area contributed by atoms with E-state index in [1.165, 1.54) is 0 Å². The standard InChI is InChI=1S/C24H22N4O2/c1-15-7-6-8-18(13-15)25-23(29)21-20-9-4-5-12-28(20)22(27-21)24(30)26-19-11-10-16(2)17(3)14-19/h4-14H,1-3H3,(H,25,29)(H,26,30). The zero-order valence-electron chi connectivity index (χ0n) is 17.1. The van der Waals surface area contributed by atoms with Crippen LogP contribution in [0.25, 0.3) is 5.52 Å². The van der Waals surface area contributed by atoms with Crippen LogP contribution >= 0.6 is 0 Å². The van der Waals surface area contributed by atoms with E-state index < -0.39 is 0 Å². The molecule has 30 heavy (non-hydrogen) atoms. The Kier molecular flexibility index (Phi) is 5.06. The maximum atomic E-state index is 12.9. The Balaban J connectivity index is 1.67. The van der Waals surface area contributed by atoms with Gasteiger partial charge in [-0.3, -0.25) is 14.0 Å². The van der Waals surface area contributed by atoms with Crippen molar-refractivity contribution in [2.45, 2.75) is 20.8 Å². The summed E-state index contributed by atoms with van der Waals surface area (Å²) in [6.45, 7) is 5.96. The zero-order valence-corrected chi connectivity index (χ0v) is 17.1. The summed E-state index contributed by atoms with van der Waals surface area (Å²) in [7, 11) is 0. The predicted octanol–water partition coefficient (Wildman–Crippen LogP) is 4.76. The third kappa shape index (κ3) is 3.80. The van der Waals surface area contributed by atoms with Gasteiger partial charge >= 0.3 is 0 Å². The van der Waals surface area contributed by atoms with Crippen LogP contribution in [0.2, 0.25) is 0 Å². The largest absolute Gasteiger partial charge is 0.321 e. The van der Waals surface area contributed by atoms with Crippen LogP contribution in [0.1, 0.15) is 37.8 Å². The van der Waals surface area contributed by atoms with Crippen LogP contribution in [0.5, 0.6) is 0 Å². The maximum absolute atomic E-state index is 12.9. The Morgan fingerprint density at radius 2 is 1.57 bits per heavy atom. The summed E-state index contributed by atoms with van der Waals surface area (Å²) in [5.41, 5.74) is 5.39. The molecule has 0 saturated heterocycles. The number of benzene rings is 2. The van der Waals surface area contributed by atoms with E-state index in [0.29, 0.717) is 16.9 Å². The molecule has 0 spiro atoms. The molecular weight excluding hydrogens is 376 g/mol. The number of fused-ring (bicyclic) bond motifs is 1. The maximum Gasteiger partial charge on any atom is 0.292 e. The lowest BCUT2D eigenvalue weighted by molar-refractivity contribution is 0.101. The van der Waals surface area contributed by atoms with E-state index in [0.717, 1.165) is 16.7 Å². The highest BCUT2D eigenvalue weighted by atomic mass is 16.2. The van der Waals surface area contributed by atoms with Gasteiger partial charge in [0.1, 0.15) is 0 Å². The molecule has 6 nitrogen and oxygen atoms in total. The highest BCUT2D eigenvalue weighted by molar-refractivity contribution is 6.10. The first-order valence-corrected chi connectivity index (χ1v) is 9.66. The molecular formula is C24H22N4O2. The number of pyridine rings is 1. The average molecular weight is 398 g/mol. The lowest BCUT2D eigenvalue weighted by atomic mass is 10.1. The fraction of sp³-hybridized carbons (Fsp3) is 0.125. The third-order valence-corrected chi connectivity index (χ3v) is 5.01. The third-order valence-electron chi connectivity index (χ3n) is 5.01. The number of nitrogens with zero attached hydrogens (tertiary/aromatic N) is 2. The molecule has 2 amide bonds. The first-order valence-electron chi connectivity index (χ1n) is 9.66. The lowest BCUT2D eigenvalue weighted by Gasteiger charge is -2.07. The van der Waals surface area contributed by atoms with Gasteiger partial charge in [0.05, 0.1) is 5.52 Å². The minimum Gasteiger partial charge on any atom is -0.321 e. The molecule has 0 fully saturated rings. The van der Waals surface area contributed by atoms with Gasteiger partial charge < -0.3 is 10.6 Å².